The Kier molecular flexibility index (Phi) is 8.96. The van der Waals surface area contributed by atoms with Crippen LogP contribution in [0.15, 0.2) is 60.0 Å². The van der Waals surface area contributed by atoms with Crippen LogP contribution in [0.4, 0.5) is 4.39 Å². The number of hydrogen-bond acceptors (Lipinski definition) is 5. The number of ether oxygens (including phenoxy) is 2. The van der Waals surface area contributed by atoms with Gasteiger partial charge in [0.15, 0.2) is 0 Å². The largest absolute Gasteiger partial charge is 0.491 e. The van der Waals surface area contributed by atoms with E-state index in [1.165, 1.54) is 34.0 Å². The molecule has 6 nitrogen and oxygen atoms in total. The summed E-state index contributed by atoms with van der Waals surface area (Å²) < 4.78 is 24.6. The van der Waals surface area contributed by atoms with Crippen LogP contribution in [-0.4, -0.2) is 61.6 Å². The van der Waals surface area contributed by atoms with Gasteiger partial charge in [0, 0.05) is 42.3 Å². The molecule has 3 aromatic rings. The molecule has 2 amide bonds. The maximum atomic E-state index is 13.6. The molecule has 1 aliphatic heterocycles. The number of carbonyl (C=O) groups is 2. The first-order valence-corrected chi connectivity index (χ1v) is 13.0. The third-order valence-corrected chi connectivity index (χ3v) is 7.37. The smallest absolute Gasteiger partial charge is 0.254 e. The summed E-state index contributed by atoms with van der Waals surface area (Å²) in [5.74, 6) is -0.232. The monoisotopic (exact) mass is 530 g/mol. The minimum atomic E-state index is -0.419. The average molecular weight is 531 g/mol. The van der Waals surface area contributed by atoms with Crippen LogP contribution < -0.4 is 4.74 Å². The second kappa shape index (κ2) is 12.3. The van der Waals surface area contributed by atoms with Gasteiger partial charge in [0.25, 0.3) is 5.91 Å². The van der Waals surface area contributed by atoms with Crippen LogP contribution in [0.5, 0.6) is 5.75 Å². The van der Waals surface area contributed by atoms with Crippen molar-refractivity contribution < 1.29 is 23.5 Å². The summed E-state index contributed by atoms with van der Waals surface area (Å²) in [6.45, 7) is 1.54. The quantitative estimate of drug-likeness (QED) is 0.337. The molecule has 2 heterocycles. The molecule has 0 aliphatic carbocycles. The number of amides is 2. The van der Waals surface area contributed by atoms with Crippen molar-refractivity contribution in [1.82, 2.24) is 9.80 Å². The Hall–Kier alpha value is -2.94. The highest BCUT2D eigenvalue weighted by molar-refractivity contribution is 7.10. The van der Waals surface area contributed by atoms with E-state index < -0.39 is 5.82 Å². The zero-order valence-corrected chi connectivity index (χ0v) is 21.6. The van der Waals surface area contributed by atoms with E-state index in [0.717, 1.165) is 12.0 Å². The van der Waals surface area contributed by atoms with Crippen molar-refractivity contribution in [3.63, 3.8) is 0 Å². The van der Waals surface area contributed by atoms with Crippen LogP contribution in [-0.2, 0) is 16.0 Å². The van der Waals surface area contributed by atoms with Crippen molar-refractivity contribution in [2.75, 3.05) is 40.0 Å². The SMILES string of the molecule is COCCCN(CC(=O)N1CCc2sccc2[C@@H]1COc1ccc(Cl)cc1)C(=O)c1ccc(F)cc1. The molecule has 1 aliphatic rings. The van der Waals surface area contributed by atoms with E-state index in [9.17, 15) is 14.0 Å². The maximum Gasteiger partial charge on any atom is 0.254 e. The van der Waals surface area contributed by atoms with Gasteiger partial charge in [0.2, 0.25) is 5.91 Å². The van der Waals surface area contributed by atoms with Crippen LogP contribution in [0, 0.1) is 5.82 Å². The first-order chi connectivity index (χ1) is 17.5. The van der Waals surface area contributed by atoms with Gasteiger partial charge in [-0.25, -0.2) is 4.39 Å². The summed E-state index contributed by atoms with van der Waals surface area (Å²) in [5.41, 5.74) is 1.41. The number of hydrogen-bond donors (Lipinski definition) is 0. The number of benzene rings is 2. The summed E-state index contributed by atoms with van der Waals surface area (Å²) >= 11 is 7.66. The zero-order chi connectivity index (χ0) is 25.5. The molecule has 1 aromatic heterocycles. The number of carbonyl (C=O) groups excluding carboxylic acids is 2. The third-order valence-electron chi connectivity index (χ3n) is 6.12. The Bertz CT molecular complexity index is 1170. The molecule has 0 N–H and O–H groups in total. The fourth-order valence-corrected chi connectivity index (χ4v) is 5.32. The van der Waals surface area contributed by atoms with Crippen LogP contribution in [0.3, 0.4) is 0 Å². The molecule has 0 saturated carbocycles. The van der Waals surface area contributed by atoms with Crippen molar-refractivity contribution in [2.45, 2.75) is 18.9 Å². The number of halogens is 2. The van der Waals surface area contributed by atoms with Crippen molar-refractivity contribution >= 4 is 34.8 Å². The van der Waals surface area contributed by atoms with Crippen molar-refractivity contribution in [3.05, 3.63) is 86.8 Å². The normalized spacial score (nSPS) is 14.9. The van der Waals surface area contributed by atoms with Gasteiger partial charge in [-0.3, -0.25) is 9.59 Å². The van der Waals surface area contributed by atoms with Gasteiger partial charge in [-0.1, -0.05) is 11.6 Å². The molecule has 0 radical (unpaired) electrons. The van der Waals surface area contributed by atoms with Gasteiger partial charge in [-0.15, -0.1) is 11.3 Å². The third kappa shape index (κ3) is 6.43. The van der Waals surface area contributed by atoms with E-state index in [4.69, 9.17) is 21.1 Å². The molecule has 1 atom stereocenters. The molecule has 0 bridgehead atoms. The molecule has 0 unspecified atom stereocenters. The van der Waals surface area contributed by atoms with E-state index in [1.807, 2.05) is 11.4 Å². The van der Waals surface area contributed by atoms with Crippen LogP contribution in [0.25, 0.3) is 0 Å². The zero-order valence-electron chi connectivity index (χ0n) is 20.0. The highest BCUT2D eigenvalue weighted by atomic mass is 35.5. The maximum absolute atomic E-state index is 13.6. The minimum absolute atomic E-state index is 0.0865. The highest BCUT2D eigenvalue weighted by Gasteiger charge is 2.33. The average Bonchev–Trinajstić information content (AvgIpc) is 3.37. The lowest BCUT2D eigenvalue weighted by atomic mass is 10.0. The van der Waals surface area contributed by atoms with Gasteiger partial charge in [0.05, 0.1) is 6.04 Å². The van der Waals surface area contributed by atoms with Gasteiger partial charge >= 0.3 is 0 Å². The topological polar surface area (TPSA) is 59.1 Å². The lowest BCUT2D eigenvalue weighted by Crippen LogP contribution is -2.48. The predicted octanol–water partition coefficient (Wildman–Crippen LogP) is 5.22. The standard InChI is InChI=1S/C27H28ClFN2O4S/c1-34-15-2-13-30(27(33)19-3-7-21(29)8-4-19)17-26(32)31-14-11-25-23(12-16-36-25)24(31)18-35-22-9-5-20(28)6-10-22/h3-10,12,16,24H,2,11,13-15,17-18H2,1H3/t24-/m0/s1. The van der Waals surface area contributed by atoms with Crippen molar-refractivity contribution in [1.29, 1.82) is 0 Å². The Morgan fingerprint density at radius 1 is 1.14 bits per heavy atom. The second-order valence-corrected chi connectivity index (χ2v) is 9.93. The van der Waals surface area contributed by atoms with Crippen LogP contribution in [0.2, 0.25) is 5.02 Å². The molecule has 0 fully saturated rings. The molecule has 36 heavy (non-hydrogen) atoms. The lowest BCUT2D eigenvalue weighted by Gasteiger charge is -2.37. The van der Waals surface area contributed by atoms with E-state index in [-0.39, 0.29) is 31.0 Å². The van der Waals surface area contributed by atoms with Crippen LogP contribution in [0.1, 0.15) is 33.3 Å². The summed E-state index contributed by atoms with van der Waals surface area (Å²) in [5, 5.41) is 2.65. The molecular formula is C27H28ClFN2O4S. The number of rotatable bonds is 10. The second-order valence-electron chi connectivity index (χ2n) is 8.50. The van der Waals surface area contributed by atoms with E-state index in [1.54, 1.807) is 47.6 Å². The number of fused-ring (bicyclic) bond motifs is 1. The Labute approximate surface area is 219 Å². The van der Waals surface area contributed by atoms with Gasteiger partial charge < -0.3 is 19.3 Å². The molecule has 0 spiro atoms. The molecular weight excluding hydrogens is 503 g/mol. The Morgan fingerprint density at radius 2 is 1.89 bits per heavy atom. The molecule has 0 saturated heterocycles. The molecule has 2 aromatic carbocycles. The Morgan fingerprint density at radius 3 is 2.61 bits per heavy atom. The first kappa shape index (κ1) is 26.1. The fourth-order valence-electron chi connectivity index (χ4n) is 4.26. The van der Waals surface area contributed by atoms with Gasteiger partial charge in [-0.2, -0.15) is 0 Å². The van der Waals surface area contributed by atoms with E-state index in [0.29, 0.717) is 42.5 Å². The molecule has 4 rings (SSSR count). The van der Waals surface area contributed by atoms with Crippen LogP contribution >= 0.6 is 22.9 Å². The number of nitrogens with zero attached hydrogens (tertiary/aromatic N) is 2. The summed E-state index contributed by atoms with van der Waals surface area (Å²) in [6.07, 6.45) is 1.33. The fraction of sp³-hybridized carbons (Fsp3) is 0.333. The summed E-state index contributed by atoms with van der Waals surface area (Å²) in [4.78, 5) is 31.3. The van der Waals surface area contributed by atoms with Crippen molar-refractivity contribution in [3.8, 4) is 5.75 Å². The van der Waals surface area contributed by atoms with Crippen molar-refractivity contribution in [2.24, 2.45) is 0 Å². The molecule has 190 valence electrons. The number of thiophene rings is 1. The summed E-state index contributed by atoms with van der Waals surface area (Å²) in [6, 6.07) is 14.2. The van der Waals surface area contributed by atoms with Gasteiger partial charge in [0.1, 0.15) is 24.7 Å². The van der Waals surface area contributed by atoms with E-state index >= 15 is 0 Å². The first-order valence-electron chi connectivity index (χ1n) is 11.7. The Balaban J connectivity index is 1.51. The predicted molar refractivity (Wildman–Crippen MR) is 138 cm³/mol. The highest BCUT2D eigenvalue weighted by Crippen LogP contribution is 2.34. The lowest BCUT2D eigenvalue weighted by molar-refractivity contribution is -0.135. The minimum Gasteiger partial charge on any atom is -0.491 e. The van der Waals surface area contributed by atoms with E-state index in [2.05, 4.69) is 0 Å². The molecule has 9 heteroatoms. The van der Waals surface area contributed by atoms with Gasteiger partial charge in [-0.05, 0) is 78.4 Å². The summed E-state index contributed by atoms with van der Waals surface area (Å²) in [7, 11) is 1.59. The number of methoxy groups -OCH3 is 1.